The quantitative estimate of drug-likeness (QED) is 0.817. The third-order valence-electron chi connectivity index (χ3n) is 5.07. The Morgan fingerprint density at radius 2 is 1.86 bits per heavy atom. The molecule has 150 valence electrons. The molecule has 1 N–H and O–H groups in total. The SMILES string of the molecule is CCN(Cc1ccc(C)o1)C(=O)Nc1cccc(C(=O)N2CCCCCC2)c1. The van der Waals surface area contributed by atoms with Crippen LogP contribution < -0.4 is 5.32 Å². The molecule has 28 heavy (non-hydrogen) atoms. The molecule has 2 aromatic rings. The molecule has 0 bridgehead atoms. The van der Waals surface area contributed by atoms with Crippen LogP contribution in [-0.4, -0.2) is 41.4 Å². The highest BCUT2D eigenvalue weighted by molar-refractivity contribution is 5.97. The van der Waals surface area contributed by atoms with Crippen LogP contribution in [0, 0.1) is 6.92 Å². The molecule has 0 atom stereocenters. The molecule has 0 unspecified atom stereocenters. The van der Waals surface area contributed by atoms with Crippen molar-refractivity contribution in [3.05, 3.63) is 53.5 Å². The number of urea groups is 1. The van der Waals surface area contributed by atoms with Crippen molar-refractivity contribution in [2.75, 3.05) is 25.0 Å². The van der Waals surface area contributed by atoms with E-state index < -0.39 is 0 Å². The van der Waals surface area contributed by atoms with Crippen LogP contribution in [-0.2, 0) is 6.54 Å². The summed E-state index contributed by atoms with van der Waals surface area (Å²) in [5.74, 6) is 1.61. The van der Waals surface area contributed by atoms with E-state index in [-0.39, 0.29) is 11.9 Å². The number of aryl methyl sites for hydroxylation is 1. The molecule has 0 aliphatic carbocycles. The zero-order valence-corrected chi connectivity index (χ0v) is 16.7. The first-order valence-corrected chi connectivity index (χ1v) is 10.1. The van der Waals surface area contributed by atoms with Gasteiger partial charge in [-0.1, -0.05) is 18.9 Å². The van der Waals surface area contributed by atoms with Crippen LogP contribution in [0.4, 0.5) is 10.5 Å². The summed E-state index contributed by atoms with van der Waals surface area (Å²) in [6.45, 7) is 6.38. The van der Waals surface area contributed by atoms with Gasteiger partial charge in [0.1, 0.15) is 11.5 Å². The number of nitrogens with zero attached hydrogens (tertiary/aromatic N) is 2. The summed E-state index contributed by atoms with van der Waals surface area (Å²) in [6.07, 6.45) is 4.48. The van der Waals surface area contributed by atoms with E-state index in [4.69, 9.17) is 4.42 Å². The third-order valence-corrected chi connectivity index (χ3v) is 5.07. The van der Waals surface area contributed by atoms with Crippen LogP contribution in [0.2, 0.25) is 0 Å². The van der Waals surface area contributed by atoms with Gasteiger partial charge in [0.2, 0.25) is 0 Å². The monoisotopic (exact) mass is 383 g/mol. The Morgan fingerprint density at radius 1 is 1.11 bits per heavy atom. The van der Waals surface area contributed by atoms with E-state index in [9.17, 15) is 9.59 Å². The fourth-order valence-corrected chi connectivity index (χ4v) is 3.47. The van der Waals surface area contributed by atoms with Crippen molar-refractivity contribution in [1.29, 1.82) is 0 Å². The van der Waals surface area contributed by atoms with Crippen molar-refractivity contribution in [1.82, 2.24) is 9.80 Å². The predicted octanol–water partition coefficient (Wildman–Crippen LogP) is 4.66. The molecular weight excluding hydrogens is 354 g/mol. The van der Waals surface area contributed by atoms with Gasteiger partial charge < -0.3 is 19.5 Å². The first kappa shape index (κ1) is 20.0. The number of rotatable bonds is 5. The van der Waals surface area contributed by atoms with Crippen LogP contribution in [0.3, 0.4) is 0 Å². The van der Waals surface area contributed by atoms with E-state index in [1.807, 2.05) is 49.1 Å². The lowest BCUT2D eigenvalue weighted by Crippen LogP contribution is -2.34. The molecule has 0 spiro atoms. The highest BCUT2D eigenvalue weighted by Crippen LogP contribution is 2.17. The number of carbonyl (C=O) groups excluding carboxylic acids is 2. The number of benzene rings is 1. The third kappa shape index (κ3) is 5.15. The summed E-state index contributed by atoms with van der Waals surface area (Å²) in [5, 5.41) is 2.91. The summed E-state index contributed by atoms with van der Waals surface area (Å²) >= 11 is 0. The molecule has 1 fully saturated rings. The van der Waals surface area contributed by atoms with Gasteiger partial charge in [-0.3, -0.25) is 4.79 Å². The van der Waals surface area contributed by atoms with Crippen molar-refractivity contribution in [3.63, 3.8) is 0 Å². The smallest absolute Gasteiger partial charge is 0.322 e. The van der Waals surface area contributed by atoms with Crippen LogP contribution in [0.1, 0.15) is 54.5 Å². The lowest BCUT2D eigenvalue weighted by Gasteiger charge is -2.22. The fraction of sp³-hybridized carbons (Fsp3) is 0.455. The molecule has 1 aromatic carbocycles. The van der Waals surface area contributed by atoms with E-state index in [1.165, 1.54) is 12.8 Å². The number of hydrogen-bond acceptors (Lipinski definition) is 3. The standard InChI is InChI=1S/C22H29N3O3/c1-3-24(16-20-12-11-17(2)28-20)22(27)23-19-10-8-9-18(15-19)21(26)25-13-6-4-5-7-14-25/h8-12,15H,3-7,13-14,16H2,1-2H3,(H,23,27). The minimum Gasteiger partial charge on any atom is -0.464 e. The normalized spacial score (nSPS) is 14.4. The zero-order chi connectivity index (χ0) is 19.9. The Hall–Kier alpha value is -2.76. The summed E-state index contributed by atoms with van der Waals surface area (Å²) < 4.78 is 5.57. The average Bonchev–Trinajstić information content (AvgIpc) is 2.93. The molecule has 0 radical (unpaired) electrons. The largest absolute Gasteiger partial charge is 0.464 e. The van der Waals surface area contributed by atoms with E-state index in [1.54, 1.807) is 11.0 Å². The Balaban J connectivity index is 1.65. The Morgan fingerprint density at radius 3 is 2.50 bits per heavy atom. The van der Waals surface area contributed by atoms with Gasteiger partial charge in [0.25, 0.3) is 5.91 Å². The number of carbonyl (C=O) groups is 2. The second-order valence-electron chi connectivity index (χ2n) is 7.24. The first-order chi connectivity index (χ1) is 13.6. The van der Waals surface area contributed by atoms with Crippen LogP contribution in [0.25, 0.3) is 0 Å². The number of amides is 3. The van der Waals surface area contributed by atoms with E-state index in [0.717, 1.165) is 37.5 Å². The zero-order valence-electron chi connectivity index (χ0n) is 16.7. The Labute approximate surface area is 166 Å². The van der Waals surface area contributed by atoms with Crippen LogP contribution in [0.15, 0.2) is 40.8 Å². The molecule has 0 saturated carbocycles. The minimum atomic E-state index is -0.212. The maximum absolute atomic E-state index is 12.8. The topological polar surface area (TPSA) is 65.8 Å². The van der Waals surface area contributed by atoms with Crippen molar-refractivity contribution in [2.45, 2.75) is 46.1 Å². The van der Waals surface area contributed by atoms with Gasteiger partial charge in [0.15, 0.2) is 0 Å². The van der Waals surface area contributed by atoms with Gasteiger partial charge in [0, 0.05) is 30.9 Å². The van der Waals surface area contributed by atoms with Crippen LogP contribution in [0.5, 0.6) is 0 Å². The lowest BCUT2D eigenvalue weighted by molar-refractivity contribution is 0.0761. The molecule has 1 saturated heterocycles. The van der Waals surface area contributed by atoms with Gasteiger partial charge in [0.05, 0.1) is 6.54 Å². The number of anilines is 1. The second-order valence-corrected chi connectivity index (χ2v) is 7.24. The number of hydrogen-bond donors (Lipinski definition) is 1. The molecule has 3 amide bonds. The maximum Gasteiger partial charge on any atom is 0.322 e. The lowest BCUT2D eigenvalue weighted by atomic mass is 10.1. The second kappa shape index (κ2) is 9.44. The molecular formula is C22H29N3O3. The Bertz CT molecular complexity index is 807. The van der Waals surface area contributed by atoms with Gasteiger partial charge in [-0.15, -0.1) is 0 Å². The van der Waals surface area contributed by atoms with Crippen molar-refractivity contribution in [3.8, 4) is 0 Å². The molecule has 6 nitrogen and oxygen atoms in total. The number of likely N-dealkylation sites (tertiary alicyclic amines) is 1. The molecule has 2 heterocycles. The van der Waals surface area contributed by atoms with Gasteiger partial charge in [-0.05, 0) is 57.0 Å². The maximum atomic E-state index is 12.8. The minimum absolute atomic E-state index is 0.0383. The molecule has 1 aromatic heterocycles. The highest BCUT2D eigenvalue weighted by atomic mass is 16.3. The van der Waals surface area contributed by atoms with Crippen LogP contribution >= 0.6 is 0 Å². The summed E-state index contributed by atoms with van der Waals surface area (Å²) in [5.41, 5.74) is 1.24. The van der Waals surface area contributed by atoms with E-state index >= 15 is 0 Å². The average molecular weight is 383 g/mol. The molecule has 1 aliphatic rings. The van der Waals surface area contributed by atoms with Crippen molar-refractivity contribution < 1.29 is 14.0 Å². The molecule has 3 rings (SSSR count). The van der Waals surface area contributed by atoms with Gasteiger partial charge in [-0.2, -0.15) is 0 Å². The number of furan rings is 1. The van der Waals surface area contributed by atoms with E-state index in [2.05, 4.69) is 5.32 Å². The van der Waals surface area contributed by atoms with Gasteiger partial charge in [-0.25, -0.2) is 4.79 Å². The van der Waals surface area contributed by atoms with Crippen molar-refractivity contribution in [2.24, 2.45) is 0 Å². The Kier molecular flexibility index (Phi) is 6.74. The predicted molar refractivity (Wildman–Crippen MR) is 109 cm³/mol. The summed E-state index contributed by atoms with van der Waals surface area (Å²) in [4.78, 5) is 29.1. The summed E-state index contributed by atoms with van der Waals surface area (Å²) in [6, 6.07) is 10.7. The van der Waals surface area contributed by atoms with Gasteiger partial charge >= 0.3 is 6.03 Å². The highest BCUT2D eigenvalue weighted by Gasteiger charge is 2.19. The van der Waals surface area contributed by atoms with E-state index in [0.29, 0.717) is 24.3 Å². The summed E-state index contributed by atoms with van der Waals surface area (Å²) in [7, 11) is 0. The first-order valence-electron chi connectivity index (χ1n) is 10.1. The molecule has 6 heteroatoms. The number of nitrogens with one attached hydrogen (secondary N) is 1. The van der Waals surface area contributed by atoms with Crippen molar-refractivity contribution >= 4 is 17.6 Å². The molecule has 1 aliphatic heterocycles. The fourth-order valence-electron chi connectivity index (χ4n) is 3.47.